The lowest BCUT2D eigenvalue weighted by Crippen LogP contribution is -2.48. The van der Waals surface area contributed by atoms with Crippen LogP contribution in [0.4, 0.5) is 0 Å². The summed E-state index contributed by atoms with van der Waals surface area (Å²) in [6, 6.07) is 11.5. The molecule has 1 aromatic carbocycles. The van der Waals surface area contributed by atoms with E-state index in [1.807, 2.05) is 38.1 Å². The fraction of sp³-hybridized carbons (Fsp3) is 0.350. The van der Waals surface area contributed by atoms with Crippen molar-refractivity contribution in [2.24, 2.45) is 0 Å². The standard InChI is InChI=1S/C20H22BrN3O3S2/c1-14-3-5-16(6-4-14)20-22-17(15(2)27-20)13-23-9-11-24(12-10-23)29(25,26)19-8-7-18(21)28-19/h3-8H,9-13H2,1-2H3. The second kappa shape index (κ2) is 8.31. The summed E-state index contributed by atoms with van der Waals surface area (Å²) in [6.07, 6.45) is 0. The Balaban J connectivity index is 1.41. The molecule has 1 aliphatic rings. The first-order valence-electron chi connectivity index (χ1n) is 9.34. The summed E-state index contributed by atoms with van der Waals surface area (Å²) in [4.78, 5) is 6.90. The van der Waals surface area contributed by atoms with Gasteiger partial charge in [0.2, 0.25) is 5.89 Å². The van der Waals surface area contributed by atoms with Crippen molar-refractivity contribution in [3.63, 3.8) is 0 Å². The van der Waals surface area contributed by atoms with Crippen molar-refractivity contribution in [3.8, 4) is 11.5 Å². The predicted octanol–water partition coefficient (Wildman–Crippen LogP) is 4.29. The lowest BCUT2D eigenvalue weighted by atomic mass is 10.1. The van der Waals surface area contributed by atoms with Gasteiger partial charge in [0.05, 0.1) is 9.48 Å². The zero-order chi connectivity index (χ0) is 20.6. The quantitative estimate of drug-likeness (QED) is 0.528. The van der Waals surface area contributed by atoms with Crippen LogP contribution in [-0.2, 0) is 16.6 Å². The molecule has 29 heavy (non-hydrogen) atoms. The molecule has 0 unspecified atom stereocenters. The number of benzene rings is 1. The van der Waals surface area contributed by atoms with Crippen LogP contribution in [-0.4, -0.2) is 48.8 Å². The second-order valence-electron chi connectivity index (χ2n) is 7.13. The summed E-state index contributed by atoms with van der Waals surface area (Å²) >= 11 is 4.58. The van der Waals surface area contributed by atoms with Crippen LogP contribution in [0.5, 0.6) is 0 Å². The fourth-order valence-electron chi connectivity index (χ4n) is 3.30. The molecule has 0 saturated carbocycles. The van der Waals surface area contributed by atoms with Crippen LogP contribution in [0, 0.1) is 13.8 Å². The van der Waals surface area contributed by atoms with Crippen LogP contribution in [0.25, 0.3) is 11.5 Å². The first-order chi connectivity index (χ1) is 13.8. The number of halogens is 1. The summed E-state index contributed by atoms with van der Waals surface area (Å²) in [7, 11) is -3.42. The zero-order valence-electron chi connectivity index (χ0n) is 16.3. The van der Waals surface area contributed by atoms with E-state index in [-0.39, 0.29) is 0 Å². The maximum absolute atomic E-state index is 12.8. The van der Waals surface area contributed by atoms with Crippen LogP contribution < -0.4 is 0 Å². The molecule has 0 spiro atoms. The Labute approximate surface area is 183 Å². The molecule has 0 aliphatic carbocycles. The maximum atomic E-state index is 12.8. The molecule has 1 fully saturated rings. The topological polar surface area (TPSA) is 66.7 Å². The number of rotatable bonds is 5. The van der Waals surface area contributed by atoms with E-state index in [9.17, 15) is 8.42 Å². The van der Waals surface area contributed by atoms with Gasteiger partial charge in [0.25, 0.3) is 10.0 Å². The Bertz CT molecular complexity index is 1100. The van der Waals surface area contributed by atoms with Crippen LogP contribution in [0.3, 0.4) is 0 Å². The minimum absolute atomic E-state index is 0.382. The number of aromatic nitrogens is 1. The molecule has 154 valence electrons. The predicted molar refractivity (Wildman–Crippen MR) is 117 cm³/mol. The second-order valence-corrected chi connectivity index (χ2v) is 11.8. The summed E-state index contributed by atoms with van der Waals surface area (Å²) in [5.74, 6) is 1.43. The van der Waals surface area contributed by atoms with Crippen molar-refractivity contribution in [2.45, 2.75) is 24.6 Å². The molecule has 1 aliphatic heterocycles. The number of thiophene rings is 1. The molecule has 0 N–H and O–H groups in total. The largest absolute Gasteiger partial charge is 0.441 e. The number of hydrogen-bond acceptors (Lipinski definition) is 6. The number of nitrogens with zero attached hydrogens (tertiary/aromatic N) is 3. The molecule has 2 aromatic heterocycles. The van der Waals surface area contributed by atoms with Gasteiger partial charge in [-0.25, -0.2) is 13.4 Å². The van der Waals surface area contributed by atoms with Gasteiger partial charge in [-0.15, -0.1) is 11.3 Å². The molecular formula is C20H22BrN3O3S2. The highest BCUT2D eigenvalue weighted by molar-refractivity contribution is 9.11. The molecule has 4 rings (SSSR count). The zero-order valence-corrected chi connectivity index (χ0v) is 19.5. The molecule has 0 bridgehead atoms. The smallest absolute Gasteiger partial charge is 0.252 e. The Kier molecular flexibility index (Phi) is 5.94. The van der Waals surface area contributed by atoms with Crippen molar-refractivity contribution in [2.75, 3.05) is 26.2 Å². The third-order valence-corrected chi connectivity index (χ3v) is 9.03. The lowest BCUT2D eigenvalue weighted by Gasteiger charge is -2.33. The number of sulfonamides is 1. The normalized spacial score (nSPS) is 16.4. The van der Waals surface area contributed by atoms with Crippen LogP contribution in [0.15, 0.2) is 48.8 Å². The van der Waals surface area contributed by atoms with E-state index in [1.54, 1.807) is 16.4 Å². The van der Waals surface area contributed by atoms with E-state index in [4.69, 9.17) is 4.42 Å². The van der Waals surface area contributed by atoms with Gasteiger partial charge in [-0.3, -0.25) is 4.90 Å². The minimum atomic E-state index is -3.42. The van der Waals surface area contributed by atoms with Crippen molar-refractivity contribution < 1.29 is 12.8 Å². The van der Waals surface area contributed by atoms with Crippen molar-refractivity contribution in [1.29, 1.82) is 0 Å². The van der Waals surface area contributed by atoms with Crippen LogP contribution >= 0.6 is 27.3 Å². The summed E-state index contributed by atoms with van der Waals surface area (Å²) in [5, 5.41) is 0. The molecule has 9 heteroatoms. The minimum Gasteiger partial charge on any atom is -0.441 e. The molecule has 6 nitrogen and oxygen atoms in total. The Morgan fingerprint density at radius 2 is 1.76 bits per heavy atom. The van der Waals surface area contributed by atoms with Gasteiger partial charge in [0.15, 0.2) is 0 Å². The van der Waals surface area contributed by atoms with Crippen LogP contribution in [0.2, 0.25) is 0 Å². The van der Waals surface area contributed by atoms with Gasteiger partial charge in [0.1, 0.15) is 9.97 Å². The highest BCUT2D eigenvalue weighted by atomic mass is 79.9. The summed E-state index contributed by atoms with van der Waals surface area (Å²) < 4.78 is 34.2. The lowest BCUT2D eigenvalue weighted by molar-refractivity contribution is 0.179. The number of aryl methyl sites for hydroxylation is 2. The third kappa shape index (κ3) is 4.49. The average molecular weight is 496 g/mol. The molecular weight excluding hydrogens is 474 g/mol. The number of piperazine rings is 1. The molecule has 3 heterocycles. The number of oxazole rings is 1. The van der Waals surface area contributed by atoms with Gasteiger partial charge in [-0.1, -0.05) is 17.7 Å². The Morgan fingerprint density at radius 1 is 1.07 bits per heavy atom. The molecule has 0 amide bonds. The monoisotopic (exact) mass is 495 g/mol. The highest BCUT2D eigenvalue weighted by Gasteiger charge is 2.30. The molecule has 0 radical (unpaired) electrons. The SMILES string of the molecule is Cc1ccc(-c2nc(CN3CCN(S(=O)(=O)c4ccc(Br)s4)CC3)c(C)o2)cc1. The van der Waals surface area contributed by atoms with Gasteiger partial charge in [0, 0.05) is 38.3 Å². The van der Waals surface area contributed by atoms with E-state index < -0.39 is 10.0 Å². The van der Waals surface area contributed by atoms with E-state index in [2.05, 4.69) is 25.8 Å². The van der Waals surface area contributed by atoms with E-state index in [1.165, 1.54) is 16.9 Å². The summed E-state index contributed by atoms with van der Waals surface area (Å²) in [6.45, 7) is 6.90. The van der Waals surface area contributed by atoms with Crippen molar-refractivity contribution >= 4 is 37.3 Å². The fourth-order valence-corrected chi connectivity index (χ4v) is 6.88. The van der Waals surface area contributed by atoms with Crippen molar-refractivity contribution in [1.82, 2.24) is 14.2 Å². The van der Waals surface area contributed by atoms with Gasteiger partial charge in [-0.2, -0.15) is 4.31 Å². The first kappa shape index (κ1) is 20.7. The molecule has 3 aromatic rings. The van der Waals surface area contributed by atoms with E-state index >= 15 is 0 Å². The number of hydrogen-bond donors (Lipinski definition) is 0. The maximum Gasteiger partial charge on any atom is 0.252 e. The van der Waals surface area contributed by atoms with Crippen LogP contribution in [0.1, 0.15) is 17.0 Å². The molecule has 1 saturated heterocycles. The average Bonchev–Trinajstić information content (AvgIpc) is 3.29. The third-order valence-electron chi connectivity index (χ3n) is 5.04. The van der Waals surface area contributed by atoms with Crippen molar-refractivity contribution in [3.05, 3.63) is 57.2 Å². The highest BCUT2D eigenvalue weighted by Crippen LogP contribution is 2.29. The Morgan fingerprint density at radius 3 is 2.38 bits per heavy atom. The summed E-state index contributed by atoms with van der Waals surface area (Å²) in [5.41, 5.74) is 3.06. The van der Waals surface area contributed by atoms with E-state index in [0.717, 1.165) is 20.8 Å². The Hall–Kier alpha value is -1.52. The van der Waals surface area contributed by atoms with E-state index in [0.29, 0.717) is 42.8 Å². The van der Waals surface area contributed by atoms with Gasteiger partial charge >= 0.3 is 0 Å². The van der Waals surface area contributed by atoms with Gasteiger partial charge in [-0.05, 0) is 54.0 Å². The van der Waals surface area contributed by atoms with Gasteiger partial charge < -0.3 is 4.42 Å². The molecule has 0 atom stereocenters. The first-order valence-corrected chi connectivity index (χ1v) is 12.4.